The van der Waals surface area contributed by atoms with Gasteiger partial charge in [-0.15, -0.1) is 0 Å². The number of carbonyl (C=O) groups excluding carboxylic acids is 1. The first-order chi connectivity index (χ1) is 8.97. The molecule has 0 saturated heterocycles. The number of nitrogens with one attached hydrogen (secondary N) is 1. The van der Waals surface area contributed by atoms with E-state index in [0.29, 0.717) is 4.47 Å². The van der Waals surface area contributed by atoms with Gasteiger partial charge in [-0.1, -0.05) is 39.1 Å². The van der Waals surface area contributed by atoms with Gasteiger partial charge in [-0.2, -0.15) is 0 Å². The van der Waals surface area contributed by atoms with E-state index in [9.17, 15) is 9.18 Å². The molecule has 0 aliphatic carbocycles. The lowest BCUT2D eigenvalue weighted by atomic mass is 10.2. The topological polar surface area (TPSA) is 54.9 Å². The summed E-state index contributed by atoms with van der Waals surface area (Å²) in [6.07, 6.45) is 1.17. The van der Waals surface area contributed by atoms with Crippen LogP contribution in [-0.2, 0) is 0 Å². The minimum Gasteiger partial charge on any atom is -0.317 e. The quantitative estimate of drug-likeness (QED) is 0.821. The van der Waals surface area contributed by atoms with Gasteiger partial charge in [0.25, 0.3) is 5.91 Å². The molecule has 0 spiro atoms. The minimum absolute atomic E-state index is 0.00354. The molecule has 0 atom stereocenters. The van der Waals surface area contributed by atoms with Crippen molar-refractivity contribution in [2.45, 2.75) is 0 Å². The molecule has 0 radical (unpaired) electrons. The monoisotopic (exact) mass is 363 g/mol. The highest BCUT2D eigenvalue weighted by Gasteiger charge is 2.14. The molecule has 0 saturated carbocycles. The Morgan fingerprint density at radius 1 is 1.21 bits per heavy atom. The van der Waals surface area contributed by atoms with E-state index in [-0.39, 0.29) is 21.6 Å². The second-order valence-corrected chi connectivity index (χ2v) is 5.07. The highest BCUT2D eigenvalue weighted by Crippen LogP contribution is 2.26. The van der Waals surface area contributed by atoms with E-state index in [1.807, 2.05) is 0 Å². The van der Waals surface area contributed by atoms with Gasteiger partial charge in [-0.3, -0.25) is 4.79 Å². The number of rotatable bonds is 2. The lowest BCUT2D eigenvalue weighted by Gasteiger charge is -2.08. The Hall–Kier alpha value is -1.24. The summed E-state index contributed by atoms with van der Waals surface area (Å²) >= 11 is 14.7. The van der Waals surface area contributed by atoms with Crippen molar-refractivity contribution in [3.05, 3.63) is 50.7 Å². The van der Waals surface area contributed by atoms with Crippen LogP contribution in [-0.4, -0.2) is 15.9 Å². The third kappa shape index (κ3) is 3.40. The average Bonchev–Trinajstić information content (AvgIpc) is 2.32. The van der Waals surface area contributed by atoms with E-state index in [0.717, 1.165) is 6.07 Å². The van der Waals surface area contributed by atoms with Crippen LogP contribution >= 0.6 is 39.1 Å². The number of nitrogens with zero attached hydrogens (tertiary/aromatic N) is 2. The molecular weight excluding hydrogens is 360 g/mol. The summed E-state index contributed by atoms with van der Waals surface area (Å²) in [6.45, 7) is 0. The smallest absolute Gasteiger partial charge is 0.255 e. The summed E-state index contributed by atoms with van der Waals surface area (Å²) in [5.41, 5.74) is 0.194. The lowest BCUT2D eigenvalue weighted by Crippen LogP contribution is -2.13. The fourth-order valence-corrected chi connectivity index (χ4v) is 2.19. The molecular formula is C11H5BrCl2FN3O. The largest absolute Gasteiger partial charge is 0.317 e. The highest BCUT2D eigenvalue weighted by atomic mass is 79.9. The fourth-order valence-electron chi connectivity index (χ4n) is 1.32. The van der Waals surface area contributed by atoms with Crippen molar-refractivity contribution in [3.63, 3.8) is 0 Å². The van der Waals surface area contributed by atoms with Crippen LogP contribution in [0.4, 0.5) is 10.1 Å². The maximum atomic E-state index is 13.2. The van der Waals surface area contributed by atoms with Crippen LogP contribution in [0.15, 0.2) is 29.0 Å². The number of aromatic nitrogens is 2. The van der Waals surface area contributed by atoms with Gasteiger partial charge in [0.05, 0.1) is 0 Å². The van der Waals surface area contributed by atoms with Gasteiger partial charge in [0.15, 0.2) is 10.3 Å². The van der Waals surface area contributed by atoms with Gasteiger partial charge in [0.2, 0.25) is 0 Å². The molecule has 2 aromatic rings. The van der Waals surface area contributed by atoms with E-state index in [2.05, 4.69) is 31.2 Å². The maximum Gasteiger partial charge on any atom is 0.255 e. The van der Waals surface area contributed by atoms with Crippen LogP contribution in [0, 0.1) is 5.82 Å². The zero-order valence-electron chi connectivity index (χ0n) is 9.12. The van der Waals surface area contributed by atoms with Crippen LogP contribution in [0.1, 0.15) is 10.4 Å². The molecule has 1 N–H and O–H groups in total. The zero-order chi connectivity index (χ0) is 14.0. The molecule has 0 bridgehead atoms. The van der Waals surface area contributed by atoms with Crippen LogP contribution in [0.2, 0.25) is 10.3 Å². The number of amides is 1. The molecule has 19 heavy (non-hydrogen) atoms. The van der Waals surface area contributed by atoms with E-state index in [1.54, 1.807) is 0 Å². The van der Waals surface area contributed by atoms with E-state index in [1.165, 1.54) is 18.5 Å². The van der Waals surface area contributed by atoms with E-state index < -0.39 is 11.7 Å². The molecule has 1 aromatic carbocycles. The zero-order valence-corrected chi connectivity index (χ0v) is 12.2. The Kier molecular flexibility index (Phi) is 4.34. The highest BCUT2D eigenvalue weighted by molar-refractivity contribution is 9.10. The third-order valence-electron chi connectivity index (χ3n) is 2.12. The predicted molar refractivity (Wildman–Crippen MR) is 74.1 cm³/mol. The Morgan fingerprint density at radius 3 is 2.42 bits per heavy atom. The van der Waals surface area contributed by atoms with Crippen LogP contribution in [0.5, 0.6) is 0 Å². The number of anilines is 1. The van der Waals surface area contributed by atoms with Crippen LogP contribution in [0.25, 0.3) is 0 Å². The second kappa shape index (κ2) is 5.81. The molecule has 1 aromatic heterocycles. The Morgan fingerprint density at radius 2 is 1.84 bits per heavy atom. The summed E-state index contributed by atoms with van der Waals surface area (Å²) in [5, 5.41) is 2.44. The van der Waals surface area contributed by atoms with Gasteiger partial charge in [0.1, 0.15) is 17.8 Å². The fraction of sp³-hybridized carbons (Fsp3) is 0. The SMILES string of the molecule is O=C(Nc1c(Cl)ncnc1Cl)c1cc(F)cc(Br)c1. The molecule has 1 amide bonds. The van der Waals surface area contributed by atoms with Gasteiger partial charge >= 0.3 is 0 Å². The number of benzene rings is 1. The van der Waals surface area contributed by atoms with Crippen LogP contribution < -0.4 is 5.32 Å². The normalized spacial score (nSPS) is 10.3. The molecule has 0 fully saturated rings. The van der Waals surface area contributed by atoms with Gasteiger partial charge in [-0.25, -0.2) is 14.4 Å². The molecule has 0 aliphatic heterocycles. The molecule has 98 valence electrons. The maximum absolute atomic E-state index is 13.2. The van der Waals surface area contributed by atoms with E-state index >= 15 is 0 Å². The summed E-state index contributed by atoms with van der Waals surface area (Å²) < 4.78 is 13.6. The lowest BCUT2D eigenvalue weighted by molar-refractivity contribution is 0.102. The summed E-state index contributed by atoms with van der Waals surface area (Å²) in [6, 6.07) is 3.79. The van der Waals surface area contributed by atoms with E-state index in [4.69, 9.17) is 23.2 Å². The first-order valence-corrected chi connectivity index (χ1v) is 6.45. The Balaban J connectivity index is 2.31. The number of hydrogen-bond donors (Lipinski definition) is 1. The summed E-state index contributed by atoms with van der Waals surface area (Å²) in [7, 11) is 0. The first kappa shape index (κ1) is 14.2. The van der Waals surface area contributed by atoms with Gasteiger partial charge in [-0.05, 0) is 18.2 Å². The van der Waals surface area contributed by atoms with Gasteiger partial charge in [0, 0.05) is 10.0 Å². The van der Waals surface area contributed by atoms with Crippen molar-refractivity contribution in [3.8, 4) is 0 Å². The van der Waals surface area contributed by atoms with Crippen molar-refractivity contribution in [2.75, 3.05) is 5.32 Å². The molecule has 1 heterocycles. The average molecular weight is 365 g/mol. The first-order valence-electron chi connectivity index (χ1n) is 4.91. The van der Waals surface area contributed by atoms with Crippen molar-refractivity contribution >= 4 is 50.7 Å². The Bertz CT molecular complexity index is 613. The summed E-state index contributed by atoms with van der Waals surface area (Å²) in [5.74, 6) is -1.11. The number of carbonyl (C=O) groups is 1. The third-order valence-corrected chi connectivity index (χ3v) is 3.15. The second-order valence-electron chi connectivity index (χ2n) is 3.44. The number of halogens is 4. The van der Waals surface area contributed by atoms with Gasteiger partial charge < -0.3 is 5.32 Å². The standard InChI is InChI=1S/C11H5BrCl2FN3O/c12-6-1-5(2-7(15)3-6)11(19)18-8-9(13)16-4-17-10(8)14/h1-4H,(H,18,19). The van der Waals surface area contributed by atoms with Crippen molar-refractivity contribution in [1.29, 1.82) is 0 Å². The molecule has 0 unspecified atom stereocenters. The minimum atomic E-state index is -0.571. The molecule has 4 nitrogen and oxygen atoms in total. The number of hydrogen-bond acceptors (Lipinski definition) is 3. The molecule has 8 heteroatoms. The van der Waals surface area contributed by atoms with Crippen molar-refractivity contribution in [2.24, 2.45) is 0 Å². The Labute approximate surface area is 126 Å². The molecule has 0 aliphatic rings. The predicted octanol–water partition coefficient (Wildman–Crippen LogP) is 3.94. The summed E-state index contributed by atoms with van der Waals surface area (Å²) in [4.78, 5) is 19.3. The van der Waals surface area contributed by atoms with Crippen LogP contribution in [0.3, 0.4) is 0 Å². The molecule has 2 rings (SSSR count). The van der Waals surface area contributed by atoms with Crippen molar-refractivity contribution in [1.82, 2.24) is 9.97 Å². The van der Waals surface area contributed by atoms with Crippen molar-refractivity contribution < 1.29 is 9.18 Å².